The van der Waals surface area contributed by atoms with E-state index in [0.717, 1.165) is 36.7 Å². The van der Waals surface area contributed by atoms with E-state index in [1.807, 2.05) is 47.9 Å². The highest BCUT2D eigenvalue weighted by molar-refractivity contribution is 8.01. The topological polar surface area (TPSA) is 55.3 Å². The summed E-state index contributed by atoms with van der Waals surface area (Å²) in [6, 6.07) is 9.39. The monoisotopic (exact) mass is 341 g/mol. The van der Waals surface area contributed by atoms with Crippen molar-refractivity contribution < 1.29 is 9.53 Å². The number of hydrogen-bond acceptors (Lipinski definition) is 5. The van der Waals surface area contributed by atoms with Crippen LogP contribution in [0.15, 0.2) is 42.7 Å². The number of pyridine rings is 2. The van der Waals surface area contributed by atoms with Crippen LogP contribution < -0.4 is 4.74 Å². The number of carbonyl (C=O) groups is 1. The predicted molar refractivity (Wildman–Crippen MR) is 93.3 cm³/mol. The molecule has 2 aromatic rings. The third-order valence-corrected chi connectivity index (χ3v) is 6.04. The Hall–Kier alpha value is -2.08. The first-order valence-electron chi connectivity index (χ1n) is 8.07. The minimum absolute atomic E-state index is 0.0292. The molecule has 4 heterocycles. The molecule has 4 rings (SSSR count). The second-order valence-electron chi connectivity index (χ2n) is 6.45. The zero-order chi connectivity index (χ0) is 16.6. The normalized spacial score (nSPS) is 21.5. The van der Waals surface area contributed by atoms with Crippen LogP contribution in [0.2, 0.25) is 0 Å². The Kier molecular flexibility index (Phi) is 3.92. The molecule has 0 radical (unpaired) electrons. The highest BCUT2D eigenvalue weighted by Gasteiger charge is 2.51. The van der Waals surface area contributed by atoms with E-state index in [4.69, 9.17) is 4.74 Å². The van der Waals surface area contributed by atoms with Gasteiger partial charge >= 0.3 is 0 Å². The van der Waals surface area contributed by atoms with Crippen molar-refractivity contribution in [3.05, 3.63) is 54.1 Å². The van der Waals surface area contributed by atoms with Gasteiger partial charge in [0.05, 0.1) is 10.9 Å². The molecule has 2 fully saturated rings. The van der Waals surface area contributed by atoms with Gasteiger partial charge in [-0.3, -0.25) is 9.78 Å². The number of amides is 1. The lowest BCUT2D eigenvalue weighted by Crippen LogP contribution is -2.61. The summed E-state index contributed by atoms with van der Waals surface area (Å²) in [5, 5.41) is 0. The molecule has 1 unspecified atom stereocenters. The zero-order valence-corrected chi connectivity index (χ0v) is 14.3. The predicted octanol–water partition coefficient (Wildman–Crippen LogP) is 2.56. The van der Waals surface area contributed by atoms with Crippen molar-refractivity contribution in [3.63, 3.8) is 0 Å². The summed E-state index contributed by atoms with van der Waals surface area (Å²) in [6.45, 7) is 3.46. The molecule has 124 valence electrons. The summed E-state index contributed by atoms with van der Waals surface area (Å²) in [5.41, 5.74) is 1.41. The molecule has 24 heavy (non-hydrogen) atoms. The van der Waals surface area contributed by atoms with Gasteiger partial charge in [-0.25, -0.2) is 4.98 Å². The fraction of sp³-hybridized carbons (Fsp3) is 0.389. The first-order valence-corrected chi connectivity index (χ1v) is 9.06. The Balaban J connectivity index is 1.34. The third-order valence-electron chi connectivity index (χ3n) is 4.46. The summed E-state index contributed by atoms with van der Waals surface area (Å²) in [5.74, 6) is 1.80. The summed E-state index contributed by atoms with van der Waals surface area (Å²) in [7, 11) is 0. The fourth-order valence-corrected chi connectivity index (χ4v) is 4.85. The molecule has 1 amide bonds. The van der Waals surface area contributed by atoms with Crippen molar-refractivity contribution in [3.8, 4) is 5.75 Å². The lowest BCUT2D eigenvalue weighted by Gasteiger charge is -2.47. The van der Waals surface area contributed by atoms with Gasteiger partial charge in [0.1, 0.15) is 17.5 Å². The van der Waals surface area contributed by atoms with E-state index < -0.39 is 0 Å². The highest BCUT2D eigenvalue weighted by Crippen LogP contribution is 2.46. The molecule has 2 aliphatic heterocycles. The number of carbonyl (C=O) groups excluding carboxylic acids is 1. The van der Waals surface area contributed by atoms with E-state index in [1.165, 1.54) is 0 Å². The van der Waals surface area contributed by atoms with Gasteiger partial charge in [-0.1, -0.05) is 6.07 Å². The molecule has 6 heteroatoms. The van der Waals surface area contributed by atoms with Crippen LogP contribution in [-0.4, -0.2) is 50.5 Å². The zero-order valence-electron chi connectivity index (χ0n) is 13.5. The van der Waals surface area contributed by atoms with Crippen LogP contribution in [0, 0.1) is 6.92 Å². The minimum Gasteiger partial charge on any atom is -0.488 e. The number of hydrogen-bond donors (Lipinski definition) is 0. The minimum atomic E-state index is 0.0292. The summed E-state index contributed by atoms with van der Waals surface area (Å²) in [4.78, 5) is 22.8. The average Bonchev–Trinajstić information content (AvgIpc) is 2.98. The van der Waals surface area contributed by atoms with Gasteiger partial charge in [0.2, 0.25) is 0 Å². The Morgan fingerprint density at radius 2 is 2.21 bits per heavy atom. The summed E-state index contributed by atoms with van der Waals surface area (Å²) < 4.78 is 6.15. The number of likely N-dealkylation sites (tertiary alicyclic amines) is 1. The van der Waals surface area contributed by atoms with Crippen molar-refractivity contribution in [2.24, 2.45) is 0 Å². The van der Waals surface area contributed by atoms with Crippen LogP contribution in [0.1, 0.15) is 22.6 Å². The molecule has 2 aromatic heterocycles. The maximum Gasteiger partial charge on any atom is 0.272 e. The van der Waals surface area contributed by atoms with Crippen molar-refractivity contribution in [2.75, 3.05) is 18.8 Å². The Labute approximate surface area is 145 Å². The van der Waals surface area contributed by atoms with Gasteiger partial charge in [-0.15, -0.1) is 11.8 Å². The van der Waals surface area contributed by atoms with Crippen molar-refractivity contribution in [2.45, 2.75) is 24.2 Å². The highest BCUT2D eigenvalue weighted by atomic mass is 32.2. The number of rotatable bonds is 3. The largest absolute Gasteiger partial charge is 0.488 e. The van der Waals surface area contributed by atoms with Gasteiger partial charge in [-0.05, 0) is 31.2 Å². The molecule has 0 N–H and O–H groups in total. The lowest BCUT2D eigenvalue weighted by atomic mass is 9.92. The second-order valence-corrected chi connectivity index (χ2v) is 7.94. The molecule has 0 bridgehead atoms. The van der Waals surface area contributed by atoms with Gasteiger partial charge in [0.15, 0.2) is 0 Å². The first kappa shape index (κ1) is 15.4. The maximum absolute atomic E-state index is 12.5. The maximum atomic E-state index is 12.5. The molecular weight excluding hydrogens is 322 g/mol. The van der Waals surface area contributed by atoms with E-state index in [-0.39, 0.29) is 16.8 Å². The van der Waals surface area contributed by atoms with Gasteiger partial charge in [-0.2, -0.15) is 0 Å². The molecule has 2 aliphatic rings. The summed E-state index contributed by atoms with van der Waals surface area (Å²) >= 11 is 1.92. The molecule has 5 nitrogen and oxygen atoms in total. The first-order chi connectivity index (χ1) is 11.6. The quantitative estimate of drug-likeness (QED) is 0.859. The van der Waals surface area contributed by atoms with Gasteiger partial charge in [0.25, 0.3) is 5.91 Å². The summed E-state index contributed by atoms with van der Waals surface area (Å²) in [6.07, 6.45) is 4.65. The van der Waals surface area contributed by atoms with Crippen LogP contribution in [0.3, 0.4) is 0 Å². The van der Waals surface area contributed by atoms with Crippen molar-refractivity contribution >= 4 is 17.7 Å². The Morgan fingerprint density at radius 3 is 2.96 bits per heavy atom. The molecule has 1 spiro atoms. The van der Waals surface area contributed by atoms with Crippen molar-refractivity contribution in [1.29, 1.82) is 0 Å². The molecule has 0 aliphatic carbocycles. The van der Waals surface area contributed by atoms with E-state index in [0.29, 0.717) is 5.69 Å². The molecular formula is C18H19N3O2S. The van der Waals surface area contributed by atoms with Gasteiger partial charge in [0, 0.05) is 37.2 Å². The smallest absolute Gasteiger partial charge is 0.272 e. The second kappa shape index (κ2) is 6.09. The van der Waals surface area contributed by atoms with Crippen LogP contribution in [0.5, 0.6) is 5.75 Å². The van der Waals surface area contributed by atoms with E-state index in [2.05, 4.69) is 9.97 Å². The van der Waals surface area contributed by atoms with E-state index >= 15 is 0 Å². The lowest BCUT2D eigenvalue weighted by molar-refractivity contribution is 0.0512. The Morgan fingerprint density at radius 1 is 1.33 bits per heavy atom. The van der Waals surface area contributed by atoms with E-state index in [9.17, 15) is 4.79 Å². The standard InChI is InChI=1S/C18H19N3O2S/c1-13-4-2-6-16(20-13)17(22)21-11-18(12-21)8-15(10-24-18)23-14-5-3-7-19-9-14/h2-7,9,15H,8,10-12H2,1H3. The van der Waals surface area contributed by atoms with Crippen molar-refractivity contribution in [1.82, 2.24) is 14.9 Å². The van der Waals surface area contributed by atoms with Crippen LogP contribution in [0.25, 0.3) is 0 Å². The van der Waals surface area contributed by atoms with Crippen LogP contribution in [0.4, 0.5) is 0 Å². The Bertz CT molecular complexity index is 747. The van der Waals surface area contributed by atoms with E-state index in [1.54, 1.807) is 18.5 Å². The molecule has 2 saturated heterocycles. The number of aromatic nitrogens is 2. The average molecular weight is 341 g/mol. The fourth-order valence-electron chi connectivity index (χ4n) is 3.32. The number of aryl methyl sites for hydroxylation is 1. The number of thioether (sulfide) groups is 1. The molecule has 0 saturated carbocycles. The van der Waals surface area contributed by atoms with Gasteiger partial charge < -0.3 is 9.64 Å². The van der Waals surface area contributed by atoms with Crippen LogP contribution in [-0.2, 0) is 0 Å². The SMILES string of the molecule is Cc1cccc(C(=O)N2CC3(CC(Oc4cccnc4)CS3)C2)n1. The number of ether oxygens (including phenoxy) is 1. The van der Waals surface area contributed by atoms with Crippen LogP contribution >= 0.6 is 11.8 Å². The third kappa shape index (κ3) is 2.98. The number of nitrogens with zero attached hydrogens (tertiary/aromatic N) is 3. The molecule has 1 atom stereocenters. The molecule has 0 aromatic carbocycles.